The average Bonchev–Trinajstić information content (AvgIpc) is 3.99. The van der Waals surface area contributed by atoms with E-state index < -0.39 is 29.4 Å². The molecule has 10 rings (SSSR count). The summed E-state index contributed by atoms with van der Waals surface area (Å²) in [7, 11) is 0. The number of aromatic hydroxyl groups is 3. The van der Waals surface area contributed by atoms with Crippen molar-refractivity contribution >= 4 is 34.7 Å². The second-order valence-corrected chi connectivity index (χ2v) is 18.8. The van der Waals surface area contributed by atoms with E-state index in [1.165, 1.54) is 10.6 Å². The standard InChI is InChI=1S/C55H53N7O11/c1-6-36-38-23-33(63)13-18-43(38)57-47-40(36)27-61-44(47)25-42-41(52(61)68)28-71-54(70)55(42,7-2)73-53(69)31-19-21-60(22-20-31)51(67)30-9-14-34(15-10-30)72-35-16-11-32(12-17-35)62-48(58-59-49(62)50(66)56-8-3)39-24-37(29(4)5)45(64)26-46(39)65/h9-18,23-26,29,31,63-65H,6-8,19-22,27-28H2,1-5H3,(H,56,66). The number of aromatic nitrogens is 5. The van der Waals surface area contributed by atoms with Crippen LogP contribution in [0, 0.1) is 5.92 Å². The molecule has 1 fully saturated rings. The van der Waals surface area contributed by atoms with Crippen molar-refractivity contribution in [2.45, 2.75) is 85.0 Å². The lowest BCUT2D eigenvalue weighted by Crippen LogP contribution is -2.49. The number of likely N-dealkylation sites (tertiary alicyclic amines) is 1. The molecule has 0 aliphatic carbocycles. The number of phenols is 3. The summed E-state index contributed by atoms with van der Waals surface area (Å²) in [6, 6.07) is 23.1. The van der Waals surface area contributed by atoms with Crippen molar-refractivity contribution < 1.29 is 48.7 Å². The summed E-state index contributed by atoms with van der Waals surface area (Å²) in [5.41, 5.74) is 3.66. The third kappa shape index (κ3) is 8.35. The highest BCUT2D eigenvalue weighted by Gasteiger charge is 2.51. The van der Waals surface area contributed by atoms with Crippen LogP contribution in [0.1, 0.15) is 109 Å². The van der Waals surface area contributed by atoms with Crippen LogP contribution in [0.3, 0.4) is 0 Å². The molecule has 3 aliphatic heterocycles. The highest BCUT2D eigenvalue weighted by Crippen LogP contribution is 2.44. The van der Waals surface area contributed by atoms with Gasteiger partial charge in [0.25, 0.3) is 17.4 Å². The molecule has 6 heterocycles. The maximum Gasteiger partial charge on any atom is 0.355 e. The molecule has 374 valence electrons. The lowest BCUT2D eigenvalue weighted by Gasteiger charge is -2.38. The number of esters is 2. The van der Waals surface area contributed by atoms with Crippen molar-refractivity contribution in [3.63, 3.8) is 0 Å². The van der Waals surface area contributed by atoms with Gasteiger partial charge in [0.1, 0.15) is 35.4 Å². The van der Waals surface area contributed by atoms with Gasteiger partial charge in [-0.2, -0.15) is 0 Å². The Morgan fingerprint density at radius 2 is 1.58 bits per heavy atom. The van der Waals surface area contributed by atoms with E-state index in [0.29, 0.717) is 58.2 Å². The van der Waals surface area contributed by atoms with Crippen LogP contribution in [0.15, 0.2) is 89.7 Å². The number of carbonyl (C=O) groups is 4. The van der Waals surface area contributed by atoms with Crippen LogP contribution in [0.5, 0.6) is 28.7 Å². The number of carbonyl (C=O) groups excluding carboxylic acids is 4. The molecular formula is C55H53N7O11. The SMILES string of the molecule is CCNC(=O)c1nnc(-c2cc(C(C)C)c(O)cc2O)n1-c1ccc(Oc2ccc(C(=O)N3CCC(C(=O)OC4(CC)C(=O)OCc5c4cc4n(c5=O)Cc5c-4nc4ccc(O)cc4c5CC)CC3)cc2)cc1. The fraction of sp³-hybridized carbons (Fsp3) is 0.309. The van der Waals surface area contributed by atoms with E-state index in [1.54, 1.807) is 102 Å². The lowest BCUT2D eigenvalue weighted by atomic mass is 9.85. The number of aryl methyl sites for hydroxylation is 1. The van der Waals surface area contributed by atoms with E-state index in [9.17, 15) is 39.3 Å². The van der Waals surface area contributed by atoms with Gasteiger partial charge in [0.2, 0.25) is 11.4 Å². The Balaban J connectivity index is 0.811. The van der Waals surface area contributed by atoms with Crippen molar-refractivity contribution in [2.24, 2.45) is 5.92 Å². The number of ether oxygens (including phenoxy) is 3. The van der Waals surface area contributed by atoms with Gasteiger partial charge >= 0.3 is 11.9 Å². The number of pyridine rings is 2. The Morgan fingerprint density at radius 1 is 0.863 bits per heavy atom. The molecular weight excluding hydrogens is 935 g/mol. The number of hydrogen-bond donors (Lipinski definition) is 4. The summed E-state index contributed by atoms with van der Waals surface area (Å²) in [5, 5.41) is 43.6. The number of cyclic esters (lactones) is 1. The molecule has 1 unspecified atom stereocenters. The number of nitrogens with one attached hydrogen (secondary N) is 1. The molecule has 0 radical (unpaired) electrons. The van der Waals surface area contributed by atoms with Crippen LogP contribution in [-0.2, 0) is 44.2 Å². The number of hydrogen-bond acceptors (Lipinski definition) is 14. The van der Waals surface area contributed by atoms with Gasteiger partial charge < -0.3 is 44.3 Å². The van der Waals surface area contributed by atoms with Gasteiger partial charge in [0.05, 0.1) is 40.5 Å². The van der Waals surface area contributed by atoms with Gasteiger partial charge in [0.15, 0.2) is 5.82 Å². The van der Waals surface area contributed by atoms with E-state index in [4.69, 9.17) is 19.2 Å². The number of phenolic OH excluding ortho intramolecular Hbond substituents is 3. The summed E-state index contributed by atoms with van der Waals surface area (Å²) in [6.07, 6.45) is 1.22. The smallest absolute Gasteiger partial charge is 0.355 e. The first kappa shape index (κ1) is 48.1. The van der Waals surface area contributed by atoms with Crippen molar-refractivity contribution in [3.8, 4) is 57.2 Å². The van der Waals surface area contributed by atoms with Gasteiger partial charge in [-0.05, 0) is 129 Å². The predicted octanol–water partition coefficient (Wildman–Crippen LogP) is 7.78. The zero-order valence-electron chi connectivity index (χ0n) is 40.9. The van der Waals surface area contributed by atoms with Crippen LogP contribution >= 0.6 is 0 Å². The van der Waals surface area contributed by atoms with Gasteiger partial charge in [-0.3, -0.25) is 23.7 Å². The van der Waals surface area contributed by atoms with Gasteiger partial charge in [-0.25, -0.2) is 9.78 Å². The Kier molecular flexibility index (Phi) is 12.5. The largest absolute Gasteiger partial charge is 0.508 e. The predicted molar refractivity (Wildman–Crippen MR) is 267 cm³/mol. The molecule has 4 N–H and O–H groups in total. The Hall–Kier alpha value is -8.54. The fourth-order valence-electron chi connectivity index (χ4n) is 10.3. The summed E-state index contributed by atoms with van der Waals surface area (Å²) in [4.78, 5) is 75.5. The van der Waals surface area contributed by atoms with Gasteiger partial charge in [-0.1, -0.05) is 27.7 Å². The molecule has 18 heteroatoms. The van der Waals surface area contributed by atoms with Crippen molar-refractivity contribution in [1.29, 1.82) is 0 Å². The highest BCUT2D eigenvalue weighted by molar-refractivity contribution is 5.95. The van der Waals surface area contributed by atoms with E-state index >= 15 is 0 Å². The van der Waals surface area contributed by atoms with E-state index in [-0.39, 0.29) is 108 Å². The van der Waals surface area contributed by atoms with Crippen LogP contribution < -0.4 is 15.6 Å². The fourth-order valence-corrected chi connectivity index (χ4v) is 10.3. The third-order valence-electron chi connectivity index (χ3n) is 14.1. The first-order valence-electron chi connectivity index (χ1n) is 24.4. The number of rotatable bonds is 12. The topological polar surface area (TPSA) is 238 Å². The monoisotopic (exact) mass is 987 g/mol. The number of amides is 2. The van der Waals surface area contributed by atoms with E-state index in [0.717, 1.165) is 16.5 Å². The van der Waals surface area contributed by atoms with Crippen molar-refractivity contribution in [1.82, 2.24) is 34.5 Å². The maximum atomic E-state index is 14.2. The molecule has 7 aromatic rings. The molecule has 0 spiro atoms. The van der Waals surface area contributed by atoms with Crippen LogP contribution in [0.25, 0.3) is 39.4 Å². The first-order valence-corrected chi connectivity index (χ1v) is 24.4. The molecule has 0 saturated carbocycles. The Labute approximate surface area is 418 Å². The highest BCUT2D eigenvalue weighted by atomic mass is 16.6. The van der Waals surface area contributed by atoms with Crippen molar-refractivity contribution in [2.75, 3.05) is 19.6 Å². The number of fused-ring (bicyclic) bond motifs is 5. The summed E-state index contributed by atoms with van der Waals surface area (Å²) in [6.45, 7) is 10.2. The molecule has 3 aromatic heterocycles. The quantitative estimate of drug-likeness (QED) is 0.0856. The Bertz CT molecular complexity index is 3450. The summed E-state index contributed by atoms with van der Waals surface area (Å²) in [5.74, 6) is -1.87. The normalized spacial score (nSPS) is 16.2. The van der Waals surface area contributed by atoms with Crippen LogP contribution in [0.2, 0.25) is 0 Å². The minimum atomic E-state index is -1.87. The molecule has 1 atom stereocenters. The summed E-state index contributed by atoms with van der Waals surface area (Å²) < 4.78 is 21.1. The molecule has 4 aromatic carbocycles. The number of benzene rings is 4. The number of piperidine rings is 1. The Morgan fingerprint density at radius 3 is 2.25 bits per heavy atom. The van der Waals surface area contributed by atoms with E-state index in [2.05, 4.69) is 15.5 Å². The maximum absolute atomic E-state index is 14.2. The zero-order chi connectivity index (χ0) is 51.5. The van der Waals surface area contributed by atoms with Gasteiger partial charge in [0, 0.05) is 53.5 Å². The molecule has 0 bridgehead atoms. The second kappa shape index (κ2) is 18.9. The molecule has 18 nitrogen and oxygen atoms in total. The number of nitrogens with zero attached hydrogens (tertiary/aromatic N) is 6. The van der Waals surface area contributed by atoms with Crippen LogP contribution in [0.4, 0.5) is 0 Å². The molecule has 2 amide bonds. The molecule has 1 saturated heterocycles. The lowest BCUT2D eigenvalue weighted by molar-refractivity contribution is -0.192. The first-order chi connectivity index (χ1) is 35.1. The van der Waals surface area contributed by atoms with Crippen molar-refractivity contribution in [3.05, 3.63) is 134 Å². The second-order valence-electron chi connectivity index (χ2n) is 18.8. The molecule has 73 heavy (non-hydrogen) atoms. The zero-order valence-corrected chi connectivity index (χ0v) is 40.9. The summed E-state index contributed by atoms with van der Waals surface area (Å²) >= 11 is 0. The minimum absolute atomic E-state index is 0.00770. The third-order valence-corrected chi connectivity index (χ3v) is 14.1. The molecule has 3 aliphatic rings. The van der Waals surface area contributed by atoms with Crippen LogP contribution in [-0.4, -0.2) is 87.9 Å². The minimum Gasteiger partial charge on any atom is -0.508 e. The van der Waals surface area contributed by atoms with Gasteiger partial charge in [-0.15, -0.1) is 10.2 Å². The van der Waals surface area contributed by atoms with E-state index in [1.807, 2.05) is 20.8 Å². The average molecular weight is 988 g/mol.